The maximum Gasteiger partial charge on any atom is 0.267 e. The van der Waals surface area contributed by atoms with E-state index in [-0.39, 0.29) is 23.6 Å². The number of pyridine rings is 1. The lowest BCUT2D eigenvalue weighted by Gasteiger charge is -2.56. The van der Waals surface area contributed by atoms with E-state index in [9.17, 15) is 13.6 Å². The fourth-order valence-corrected chi connectivity index (χ4v) is 6.58. The molecule has 4 fully saturated rings. The molecule has 5 nitrogen and oxygen atoms in total. The predicted octanol–water partition coefficient (Wildman–Crippen LogP) is 2.80. The van der Waals surface area contributed by atoms with Gasteiger partial charge in [0.15, 0.2) is 0 Å². The lowest BCUT2D eigenvalue weighted by Crippen LogP contribution is -2.60. The Morgan fingerprint density at radius 3 is 2.46 bits per heavy atom. The van der Waals surface area contributed by atoms with Gasteiger partial charge in [-0.15, -0.1) is 0 Å². The van der Waals surface area contributed by atoms with Gasteiger partial charge in [0.2, 0.25) is 0 Å². The van der Waals surface area contributed by atoms with E-state index >= 15 is 0 Å². The number of carbonyl (C=O) groups excluding carboxylic acids is 1. The third-order valence-corrected chi connectivity index (χ3v) is 7.96. The summed E-state index contributed by atoms with van der Waals surface area (Å²) in [5, 5.41) is 0. The molecule has 0 aromatic carbocycles. The van der Waals surface area contributed by atoms with Crippen LogP contribution < -0.4 is 5.73 Å². The average molecular weight is 391 g/mol. The van der Waals surface area contributed by atoms with E-state index in [1.54, 1.807) is 19.4 Å². The highest BCUT2D eigenvalue weighted by molar-refractivity contribution is 5.90. The Hall–Kier alpha value is -1.60. The number of rotatable bonds is 4. The van der Waals surface area contributed by atoms with Crippen LogP contribution in [-0.4, -0.2) is 48.0 Å². The van der Waals surface area contributed by atoms with E-state index in [4.69, 9.17) is 10.5 Å². The smallest absolute Gasteiger partial charge is 0.267 e. The molecule has 1 aromatic rings. The number of amides is 1. The number of halogens is 2. The normalized spacial score (nSPS) is 41.5. The molecule has 152 valence electrons. The third kappa shape index (κ3) is 2.48. The van der Waals surface area contributed by atoms with Crippen molar-refractivity contribution in [1.82, 2.24) is 9.88 Å². The zero-order valence-electron chi connectivity index (χ0n) is 16.1. The van der Waals surface area contributed by atoms with Crippen LogP contribution in [-0.2, 0) is 10.3 Å². The lowest BCUT2D eigenvalue weighted by atomic mass is 9.62. The van der Waals surface area contributed by atoms with Gasteiger partial charge in [-0.05, 0) is 43.4 Å². The van der Waals surface area contributed by atoms with Gasteiger partial charge < -0.3 is 10.5 Å². The summed E-state index contributed by atoms with van der Waals surface area (Å²) in [6.07, 6.45) is 6.09. The molecule has 4 atom stereocenters. The number of primary amides is 1. The minimum atomic E-state index is -2.42. The number of aromatic nitrogens is 1. The van der Waals surface area contributed by atoms with Gasteiger partial charge >= 0.3 is 0 Å². The number of nitrogens with two attached hydrogens (primary N) is 1. The average Bonchev–Trinajstić information content (AvgIpc) is 3.01. The molecule has 4 unspecified atom stereocenters. The SMILES string of the molecule is COC1(c2ccnc(C(N)=O)c2)C2CCCC1CN(C1CC3C(C1)C3(F)F)C2. The van der Waals surface area contributed by atoms with Crippen molar-refractivity contribution >= 4 is 5.91 Å². The summed E-state index contributed by atoms with van der Waals surface area (Å²) in [6, 6.07) is 3.98. The summed E-state index contributed by atoms with van der Waals surface area (Å²) >= 11 is 0. The first-order valence-corrected chi connectivity index (χ1v) is 10.3. The van der Waals surface area contributed by atoms with Crippen molar-refractivity contribution in [3.8, 4) is 0 Å². The van der Waals surface area contributed by atoms with Crippen LogP contribution >= 0.6 is 0 Å². The zero-order valence-corrected chi connectivity index (χ0v) is 16.1. The number of ether oxygens (including phenoxy) is 1. The van der Waals surface area contributed by atoms with Crippen LogP contribution in [0.3, 0.4) is 0 Å². The van der Waals surface area contributed by atoms with Gasteiger partial charge in [-0.2, -0.15) is 0 Å². The highest BCUT2D eigenvalue weighted by atomic mass is 19.3. The van der Waals surface area contributed by atoms with E-state index in [0.717, 1.165) is 37.9 Å². The van der Waals surface area contributed by atoms with Crippen LogP contribution in [0.5, 0.6) is 0 Å². The summed E-state index contributed by atoms with van der Waals surface area (Å²) in [5.74, 6) is -3.21. The molecule has 3 saturated carbocycles. The second-order valence-corrected chi connectivity index (χ2v) is 9.08. The monoisotopic (exact) mass is 391 g/mol. The van der Waals surface area contributed by atoms with Crippen molar-refractivity contribution in [2.75, 3.05) is 20.2 Å². The molecular formula is C21H27F2N3O2. The molecule has 1 amide bonds. The van der Waals surface area contributed by atoms with Crippen LogP contribution in [0.25, 0.3) is 0 Å². The van der Waals surface area contributed by atoms with Crippen molar-refractivity contribution in [3.05, 3.63) is 29.6 Å². The fourth-order valence-electron chi connectivity index (χ4n) is 6.58. The zero-order chi connectivity index (χ0) is 19.7. The van der Waals surface area contributed by atoms with Crippen molar-refractivity contribution in [3.63, 3.8) is 0 Å². The highest BCUT2D eigenvalue weighted by Crippen LogP contribution is 2.65. The minimum Gasteiger partial charge on any atom is -0.373 e. The molecule has 2 bridgehead atoms. The Labute approximate surface area is 163 Å². The standard InChI is InChI=1S/C21H27F2N3O2/c1-28-20(12-5-6-25-18(7-12)19(24)27)13-3-2-4-14(20)11-26(10-13)15-8-16-17(9-15)21(16,22)23/h5-7,13-17H,2-4,8-11H2,1H3,(H2,24,27). The second kappa shape index (κ2) is 6.20. The highest BCUT2D eigenvalue weighted by Gasteiger charge is 2.72. The fraction of sp³-hybridized carbons (Fsp3) is 0.714. The van der Waals surface area contributed by atoms with E-state index in [1.165, 1.54) is 0 Å². The quantitative estimate of drug-likeness (QED) is 0.857. The maximum atomic E-state index is 13.6. The molecule has 4 aliphatic rings. The number of carbonyl (C=O) groups is 1. The Balaban J connectivity index is 1.42. The van der Waals surface area contributed by atoms with Gasteiger partial charge in [0.05, 0.1) is 0 Å². The number of methoxy groups -OCH3 is 1. The Bertz CT molecular complexity index is 774. The van der Waals surface area contributed by atoms with E-state index in [1.807, 2.05) is 6.07 Å². The third-order valence-electron chi connectivity index (χ3n) is 7.96. The number of piperidine rings is 1. The predicted molar refractivity (Wildman–Crippen MR) is 98.8 cm³/mol. The largest absolute Gasteiger partial charge is 0.373 e. The van der Waals surface area contributed by atoms with Crippen LogP contribution in [0.2, 0.25) is 0 Å². The Morgan fingerprint density at radius 2 is 1.89 bits per heavy atom. The minimum absolute atomic E-state index is 0.257. The molecule has 7 heteroatoms. The Morgan fingerprint density at radius 1 is 1.25 bits per heavy atom. The Kier molecular flexibility index (Phi) is 4.08. The van der Waals surface area contributed by atoms with Crippen LogP contribution in [0, 0.1) is 23.7 Å². The first kappa shape index (κ1) is 18.4. The molecule has 1 aliphatic heterocycles. The maximum absolute atomic E-state index is 13.6. The van der Waals surface area contributed by atoms with Crippen LogP contribution in [0.4, 0.5) is 8.78 Å². The number of alkyl halides is 2. The van der Waals surface area contributed by atoms with Gasteiger partial charge in [-0.1, -0.05) is 6.42 Å². The first-order valence-electron chi connectivity index (χ1n) is 10.3. The second-order valence-electron chi connectivity index (χ2n) is 9.08. The van der Waals surface area contributed by atoms with Crippen molar-refractivity contribution in [2.45, 2.75) is 49.7 Å². The lowest BCUT2D eigenvalue weighted by molar-refractivity contribution is -0.175. The van der Waals surface area contributed by atoms with E-state index < -0.39 is 29.3 Å². The number of hydrogen-bond acceptors (Lipinski definition) is 4. The molecule has 1 saturated heterocycles. The summed E-state index contributed by atoms with van der Waals surface area (Å²) in [6.45, 7) is 1.71. The van der Waals surface area contributed by atoms with Crippen LogP contribution in [0.15, 0.2) is 18.3 Å². The molecular weight excluding hydrogens is 364 g/mol. The number of nitrogens with zero attached hydrogens (tertiary/aromatic N) is 2. The van der Waals surface area contributed by atoms with E-state index in [0.29, 0.717) is 12.8 Å². The molecule has 2 N–H and O–H groups in total. The van der Waals surface area contributed by atoms with Crippen molar-refractivity contribution < 1.29 is 18.3 Å². The molecule has 28 heavy (non-hydrogen) atoms. The van der Waals surface area contributed by atoms with Crippen molar-refractivity contribution in [1.29, 1.82) is 0 Å². The molecule has 0 radical (unpaired) electrons. The number of fused-ring (bicyclic) bond motifs is 3. The van der Waals surface area contributed by atoms with Crippen molar-refractivity contribution in [2.24, 2.45) is 29.4 Å². The summed E-state index contributed by atoms with van der Waals surface area (Å²) in [4.78, 5) is 18.2. The van der Waals surface area contributed by atoms with Gasteiger partial charge in [0.25, 0.3) is 11.8 Å². The van der Waals surface area contributed by atoms with Gasteiger partial charge in [0.1, 0.15) is 11.3 Å². The topological polar surface area (TPSA) is 68.5 Å². The summed E-state index contributed by atoms with van der Waals surface area (Å²) in [5.41, 5.74) is 6.20. The van der Waals surface area contributed by atoms with Crippen LogP contribution in [0.1, 0.15) is 48.2 Å². The number of hydrogen-bond donors (Lipinski definition) is 1. The molecule has 5 rings (SSSR count). The van der Waals surface area contributed by atoms with E-state index in [2.05, 4.69) is 9.88 Å². The molecule has 0 spiro atoms. The molecule has 2 heterocycles. The first-order chi connectivity index (χ1) is 13.4. The molecule has 3 aliphatic carbocycles. The molecule has 1 aromatic heterocycles. The summed E-state index contributed by atoms with van der Waals surface area (Å²) < 4.78 is 33.5. The summed E-state index contributed by atoms with van der Waals surface area (Å²) in [7, 11) is 1.75. The van der Waals surface area contributed by atoms with Gasteiger partial charge in [-0.3, -0.25) is 14.7 Å². The van der Waals surface area contributed by atoms with Gasteiger partial charge in [-0.25, -0.2) is 8.78 Å². The number of likely N-dealkylation sites (tertiary alicyclic amines) is 1. The van der Waals surface area contributed by atoms with Gasteiger partial charge in [0, 0.05) is 56.1 Å².